The second kappa shape index (κ2) is 7.43. The van der Waals surface area contributed by atoms with Crippen LogP contribution in [0.25, 0.3) is 0 Å². The molecule has 2 aromatic carbocycles. The highest BCUT2D eigenvalue weighted by atomic mass is 19.1. The Hall–Kier alpha value is -2.36. The Morgan fingerprint density at radius 3 is 2.52 bits per heavy atom. The summed E-state index contributed by atoms with van der Waals surface area (Å²) in [5.41, 5.74) is 1.15. The SMILES string of the molecule is C[C@H](Oc1ccccc1F)C(=O)NCCc1ccccc1. The number of hydrogen-bond donors (Lipinski definition) is 1. The smallest absolute Gasteiger partial charge is 0.260 e. The maximum atomic E-state index is 13.4. The van der Waals surface area contributed by atoms with Crippen molar-refractivity contribution in [3.8, 4) is 5.75 Å². The van der Waals surface area contributed by atoms with Crippen molar-refractivity contribution >= 4 is 5.91 Å². The second-order valence-corrected chi connectivity index (χ2v) is 4.72. The maximum Gasteiger partial charge on any atom is 0.260 e. The quantitative estimate of drug-likeness (QED) is 0.887. The molecule has 0 unspecified atom stereocenters. The third kappa shape index (κ3) is 4.60. The van der Waals surface area contributed by atoms with Gasteiger partial charge in [-0.1, -0.05) is 42.5 Å². The van der Waals surface area contributed by atoms with E-state index < -0.39 is 11.9 Å². The summed E-state index contributed by atoms with van der Waals surface area (Å²) in [6.07, 6.45) is 0.0107. The van der Waals surface area contributed by atoms with Gasteiger partial charge in [0.2, 0.25) is 0 Å². The van der Waals surface area contributed by atoms with E-state index in [0.717, 1.165) is 12.0 Å². The number of ether oxygens (including phenoxy) is 1. The molecule has 1 amide bonds. The minimum Gasteiger partial charge on any atom is -0.478 e. The second-order valence-electron chi connectivity index (χ2n) is 4.72. The average molecular weight is 287 g/mol. The Morgan fingerprint density at radius 1 is 1.14 bits per heavy atom. The lowest BCUT2D eigenvalue weighted by Gasteiger charge is -2.15. The van der Waals surface area contributed by atoms with Gasteiger partial charge in [-0.15, -0.1) is 0 Å². The van der Waals surface area contributed by atoms with Gasteiger partial charge in [0.25, 0.3) is 5.91 Å². The van der Waals surface area contributed by atoms with Crippen molar-refractivity contribution in [2.45, 2.75) is 19.4 Å². The van der Waals surface area contributed by atoms with Gasteiger partial charge < -0.3 is 10.1 Å². The number of amides is 1. The minimum atomic E-state index is -0.738. The predicted molar refractivity (Wildman–Crippen MR) is 79.6 cm³/mol. The summed E-state index contributed by atoms with van der Waals surface area (Å²) in [5.74, 6) is -0.640. The van der Waals surface area contributed by atoms with Crippen molar-refractivity contribution in [2.24, 2.45) is 0 Å². The number of nitrogens with one attached hydrogen (secondary N) is 1. The number of rotatable bonds is 6. The van der Waals surface area contributed by atoms with E-state index in [1.54, 1.807) is 19.1 Å². The predicted octanol–water partition coefficient (Wildman–Crippen LogP) is 2.95. The van der Waals surface area contributed by atoms with Crippen LogP contribution in [-0.4, -0.2) is 18.6 Å². The molecule has 0 aliphatic carbocycles. The summed E-state index contributed by atoms with van der Waals surface area (Å²) in [6.45, 7) is 2.12. The molecule has 0 bridgehead atoms. The van der Waals surface area contributed by atoms with Crippen molar-refractivity contribution in [3.05, 3.63) is 66.0 Å². The van der Waals surface area contributed by atoms with Crippen LogP contribution in [0.2, 0.25) is 0 Å². The number of carbonyl (C=O) groups excluding carboxylic acids is 1. The van der Waals surface area contributed by atoms with Crippen LogP contribution in [0.15, 0.2) is 54.6 Å². The fraction of sp³-hybridized carbons (Fsp3) is 0.235. The number of hydrogen-bond acceptors (Lipinski definition) is 2. The van der Waals surface area contributed by atoms with E-state index in [-0.39, 0.29) is 11.7 Å². The topological polar surface area (TPSA) is 38.3 Å². The molecule has 1 N–H and O–H groups in total. The lowest BCUT2D eigenvalue weighted by Crippen LogP contribution is -2.37. The molecule has 2 aromatic rings. The molecule has 21 heavy (non-hydrogen) atoms. The van der Waals surface area contributed by atoms with Crippen LogP contribution in [0.1, 0.15) is 12.5 Å². The average Bonchev–Trinajstić information content (AvgIpc) is 2.50. The van der Waals surface area contributed by atoms with Gasteiger partial charge in [-0.05, 0) is 31.0 Å². The summed E-state index contributed by atoms with van der Waals surface area (Å²) < 4.78 is 18.8. The first-order chi connectivity index (χ1) is 10.2. The monoisotopic (exact) mass is 287 g/mol. The summed E-state index contributed by atoms with van der Waals surface area (Å²) in [4.78, 5) is 11.9. The van der Waals surface area contributed by atoms with E-state index in [2.05, 4.69) is 5.32 Å². The molecule has 1 atom stereocenters. The van der Waals surface area contributed by atoms with Gasteiger partial charge >= 0.3 is 0 Å². The first kappa shape index (κ1) is 15.0. The molecule has 110 valence electrons. The first-order valence-corrected chi connectivity index (χ1v) is 6.89. The highest BCUT2D eigenvalue weighted by Gasteiger charge is 2.15. The van der Waals surface area contributed by atoms with Gasteiger partial charge in [0.1, 0.15) is 0 Å². The van der Waals surface area contributed by atoms with Crippen LogP contribution in [0.4, 0.5) is 4.39 Å². The highest BCUT2D eigenvalue weighted by molar-refractivity contribution is 5.80. The molecule has 3 nitrogen and oxygen atoms in total. The standard InChI is InChI=1S/C17H18FNO2/c1-13(21-16-10-6-5-9-15(16)18)17(20)19-12-11-14-7-3-2-4-8-14/h2-10,13H,11-12H2,1H3,(H,19,20)/t13-/m0/s1. The Kier molecular flexibility index (Phi) is 5.32. The molecule has 0 radical (unpaired) electrons. The van der Waals surface area contributed by atoms with Gasteiger partial charge in [0.05, 0.1) is 0 Å². The lowest BCUT2D eigenvalue weighted by atomic mass is 10.1. The van der Waals surface area contributed by atoms with E-state index in [9.17, 15) is 9.18 Å². The van der Waals surface area contributed by atoms with Gasteiger partial charge in [-0.25, -0.2) is 4.39 Å². The van der Waals surface area contributed by atoms with Crippen molar-refractivity contribution < 1.29 is 13.9 Å². The van der Waals surface area contributed by atoms with E-state index in [1.165, 1.54) is 12.1 Å². The lowest BCUT2D eigenvalue weighted by molar-refractivity contribution is -0.127. The van der Waals surface area contributed by atoms with Crippen LogP contribution in [0.5, 0.6) is 5.75 Å². The van der Waals surface area contributed by atoms with E-state index in [4.69, 9.17) is 4.74 Å². The fourth-order valence-electron chi connectivity index (χ4n) is 1.90. The van der Waals surface area contributed by atoms with Gasteiger partial charge in [-0.2, -0.15) is 0 Å². The first-order valence-electron chi connectivity index (χ1n) is 6.89. The summed E-state index contributed by atoms with van der Waals surface area (Å²) in [6, 6.07) is 15.9. The van der Waals surface area contributed by atoms with E-state index >= 15 is 0 Å². The van der Waals surface area contributed by atoms with Crippen LogP contribution in [0, 0.1) is 5.82 Å². The summed E-state index contributed by atoms with van der Waals surface area (Å²) in [7, 11) is 0. The summed E-state index contributed by atoms with van der Waals surface area (Å²) in [5, 5.41) is 2.78. The minimum absolute atomic E-state index is 0.0863. The highest BCUT2D eigenvalue weighted by Crippen LogP contribution is 2.16. The third-order valence-corrected chi connectivity index (χ3v) is 3.07. The zero-order chi connectivity index (χ0) is 15.1. The van der Waals surface area contributed by atoms with Crippen LogP contribution < -0.4 is 10.1 Å². The number of halogens is 1. The molecular weight excluding hydrogens is 269 g/mol. The van der Waals surface area contributed by atoms with Crippen molar-refractivity contribution in [1.82, 2.24) is 5.32 Å². The third-order valence-electron chi connectivity index (χ3n) is 3.07. The molecule has 0 saturated carbocycles. The number of carbonyl (C=O) groups is 1. The van der Waals surface area contributed by atoms with Crippen molar-refractivity contribution in [1.29, 1.82) is 0 Å². The van der Waals surface area contributed by atoms with Gasteiger partial charge in [0, 0.05) is 6.54 Å². The Labute approximate surface area is 123 Å². The molecule has 0 aliphatic rings. The molecule has 0 aliphatic heterocycles. The normalized spacial score (nSPS) is 11.7. The van der Waals surface area contributed by atoms with Gasteiger partial charge in [-0.3, -0.25) is 4.79 Å². The molecule has 4 heteroatoms. The van der Waals surface area contributed by atoms with Crippen molar-refractivity contribution in [3.63, 3.8) is 0 Å². The molecular formula is C17H18FNO2. The molecule has 0 saturated heterocycles. The Balaban J connectivity index is 1.79. The number of para-hydroxylation sites is 1. The molecule has 0 fully saturated rings. The Morgan fingerprint density at radius 2 is 1.81 bits per heavy atom. The van der Waals surface area contributed by atoms with Crippen LogP contribution in [0.3, 0.4) is 0 Å². The molecule has 0 aromatic heterocycles. The van der Waals surface area contributed by atoms with E-state index in [1.807, 2.05) is 30.3 Å². The van der Waals surface area contributed by atoms with Crippen LogP contribution >= 0.6 is 0 Å². The maximum absolute atomic E-state index is 13.4. The van der Waals surface area contributed by atoms with Gasteiger partial charge in [0.15, 0.2) is 17.7 Å². The fourth-order valence-corrected chi connectivity index (χ4v) is 1.90. The molecule has 0 heterocycles. The van der Waals surface area contributed by atoms with Crippen molar-refractivity contribution in [2.75, 3.05) is 6.54 Å². The van der Waals surface area contributed by atoms with Crippen LogP contribution in [-0.2, 0) is 11.2 Å². The molecule has 0 spiro atoms. The molecule has 2 rings (SSSR count). The number of benzene rings is 2. The largest absolute Gasteiger partial charge is 0.478 e. The van der Waals surface area contributed by atoms with E-state index in [0.29, 0.717) is 6.54 Å². The summed E-state index contributed by atoms with van der Waals surface area (Å²) >= 11 is 0. The zero-order valence-electron chi connectivity index (χ0n) is 11.9. The Bertz CT molecular complexity index is 586. The zero-order valence-corrected chi connectivity index (χ0v) is 11.9.